The number of carbonyl (C=O) groups excluding carboxylic acids is 2. The largest absolute Gasteiger partial charge is 0.341 e. The van der Waals surface area contributed by atoms with Gasteiger partial charge in [-0.05, 0) is 43.4 Å². The number of halogens is 1. The number of carbonyl (C=O) groups is 2. The summed E-state index contributed by atoms with van der Waals surface area (Å²) in [6, 6.07) is 5.83. The van der Waals surface area contributed by atoms with E-state index in [2.05, 4.69) is 11.8 Å². The normalized spacial score (nSPS) is 22.2. The molecule has 2 aliphatic rings. The van der Waals surface area contributed by atoms with Crippen molar-refractivity contribution in [2.24, 2.45) is 5.92 Å². The summed E-state index contributed by atoms with van der Waals surface area (Å²) in [5, 5.41) is 0. The maximum Gasteiger partial charge on any atom is 0.254 e. The van der Waals surface area contributed by atoms with Crippen LogP contribution in [-0.2, 0) is 4.79 Å². The predicted octanol–water partition coefficient (Wildman–Crippen LogP) is 2.23. The molecule has 2 saturated heterocycles. The van der Waals surface area contributed by atoms with Crippen LogP contribution in [0.15, 0.2) is 24.3 Å². The molecule has 0 aliphatic carbocycles. The third-order valence-corrected chi connectivity index (χ3v) is 5.32. The van der Waals surface area contributed by atoms with Gasteiger partial charge in [0.15, 0.2) is 0 Å². The Morgan fingerprint density at radius 1 is 1.08 bits per heavy atom. The minimum atomic E-state index is -0.395. The van der Waals surface area contributed by atoms with Crippen molar-refractivity contribution in [3.63, 3.8) is 0 Å². The number of hydrogen-bond acceptors (Lipinski definition) is 3. The first-order valence-electron chi connectivity index (χ1n) is 9.58. The number of amides is 2. The van der Waals surface area contributed by atoms with Gasteiger partial charge in [-0.25, -0.2) is 4.39 Å². The maximum absolute atomic E-state index is 13.4. The molecular formula is C20H28FN3O2. The number of piperidine rings is 1. The lowest BCUT2D eigenvalue weighted by atomic mass is 10.0. The Morgan fingerprint density at radius 3 is 2.65 bits per heavy atom. The summed E-state index contributed by atoms with van der Waals surface area (Å²) in [7, 11) is 0. The number of benzene rings is 1. The Balaban J connectivity index is 1.53. The van der Waals surface area contributed by atoms with Crippen LogP contribution >= 0.6 is 0 Å². The highest BCUT2D eigenvalue weighted by atomic mass is 19.1. The van der Waals surface area contributed by atoms with Crippen LogP contribution in [0.1, 0.15) is 36.5 Å². The molecule has 0 spiro atoms. The lowest BCUT2D eigenvalue weighted by Crippen LogP contribution is -2.45. The molecule has 0 N–H and O–H groups in total. The van der Waals surface area contributed by atoms with Gasteiger partial charge in [-0.1, -0.05) is 13.0 Å². The first-order chi connectivity index (χ1) is 12.5. The van der Waals surface area contributed by atoms with Crippen molar-refractivity contribution < 1.29 is 14.0 Å². The van der Waals surface area contributed by atoms with Crippen molar-refractivity contribution in [2.75, 3.05) is 45.8 Å². The van der Waals surface area contributed by atoms with Gasteiger partial charge >= 0.3 is 0 Å². The van der Waals surface area contributed by atoms with Crippen LogP contribution in [-0.4, -0.2) is 72.3 Å². The molecule has 2 heterocycles. The summed E-state index contributed by atoms with van der Waals surface area (Å²) >= 11 is 0. The average Bonchev–Trinajstić information content (AvgIpc) is 2.86. The molecule has 1 aromatic carbocycles. The lowest BCUT2D eigenvalue weighted by molar-refractivity contribution is -0.134. The van der Waals surface area contributed by atoms with Crippen molar-refractivity contribution >= 4 is 11.8 Å². The summed E-state index contributed by atoms with van der Waals surface area (Å²) in [6.45, 7) is 7.03. The number of nitrogens with zero attached hydrogens (tertiary/aromatic N) is 3. The predicted molar refractivity (Wildman–Crippen MR) is 98.3 cm³/mol. The van der Waals surface area contributed by atoms with Crippen molar-refractivity contribution in [1.29, 1.82) is 0 Å². The third-order valence-electron chi connectivity index (χ3n) is 5.32. The minimum absolute atomic E-state index is 0.137. The van der Waals surface area contributed by atoms with Crippen LogP contribution < -0.4 is 0 Å². The quantitative estimate of drug-likeness (QED) is 0.829. The molecule has 2 amide bonds. The van der Waals surface area contributed by atoms with Crippen LogP contribution in [0.3, 0.4) is 0 Å². The van der Waals surface area contributed by atoms with E-state index >= 15 is 0 Å². The summed E-state index contributed by atoms with van der Waals surface area (Å²) < 4.78 is 13.4. The van der Waals surface area contributed by atoms with Gasteiger partial charge in [0.05, 0.1) is 6.54 Å². The zero-order valence-electron chi connectivity index (χ0n) is 15.5. The van der Waals surface area contributed by atoms with Crippen molar-refractivity contribution in [1.82, 2.24) is 14.7 Å². The van der Waals surface area contributed by atoms with E-state index < -0.39 is 5.82 Å². The van der Waals surface area contributed by atoms with E-state index in [9.17, 15) is 14.0 Å². The van der Waals surface area contributed by atoms with Crippen molar-refractivity contribution in [2.45, 2.75) is 26.2 Å². The van der Waals surface area contributed by atoms with Gasteiger partial charge in [-0.2, -0.15) is 0 Å². The topological polar surface area (TPSA) is 43.9 Å². The second-order valence-electron chi connectivity index (χ2n) is 7.52. The van der Waals surface area contributed by atoms with E-state index in [-0.39, 0.29) is 11.8 Å². The number of hydrogen-bond donors (Lipinski definition) is 0. The minimum Gasteiger partial charge on any atom is -0.341 e. The zero-order valence-corrected chi connectivity index (χ0v) is 15.5. The first kappa shape index (κ1) is 18.8. The average molecular weight is 361 g/mol. The molecule has 2 fully saturated rings. The van der Waals surface area contributed by atoms with Gasteiger partial charge in [-0.3, -0.25) is 14.5 Å². The first-order valence-corrected chi connectivity index (χ1v) is 9.58. The van der Waals surface area contributed by atoms with Gasteiger partial charge in [0.2, 0.25) is 5.91 Å². The van der Waals surface area contributed by atoms with Crippen molar-refractivity contribution in [3.8, 4) is 0 Å². The molecule has 142 valence electrons. The van der Waals surface area contributed by atoms with Crippen LogP contribution in [0.4, 0.5) is 4.39 Å². The molecule has 2 aliphatic heterocycles. The van der Waals surface area contributed by atoms with Crippen LogP contribution in [0, 0.1) is 11.7 Å². The zero-order chi connectivity index (χ0) is 18.5. The molecule has 6 heteroatoms. The van der Waals surface area contributed by atoms with E-state index in [1.165, 1.54) is 18.6 Å². The number of likely N-dealkylation sites (tertiary alicyclic amines) is 1. The second kappa shape index (κ2) is 8.62. The highest BCUT2D eigenvalue weighted by molar-refractivity contribution is 5.94. The van der Waals surface area contributed by atoms with E-state index in [0.29, 0.717) is 37.7 Å². The highest BCUT2D eigenvalue weighted by Crippen LogP contribution is 2.16. The molecule has 0 aromatic heterocycles. The highest BCUT2D eigenvalue weighted by Gasteiger charge is 2.25. The molecule has 0 saturated carbocycles. The molecule has 3 rings (SSSR count). The Bertz CT molecular complexity index is 652. The molecule has 0 bridgehead atoms. The van der Waals surface area contributed by atoms with E-state index in [1.54, 1.807) is 17.0 Å². The monoisotopic (exact) mass is 361 g/mol. The van der Waals surface area contributed by atoms with E-state index in [4.69, 9.17) is 0 Å². The van der Waals surface area contributed by atoms with E-state index in [1.807, 2.05) is 4.90 Å². The smallest absolute Gasteiger partial charge is 0.254 e. The molecule has 5 nitrogen and oxygen atoms in total. The Morgan fingerprint density at radius 2 is 1.88 bits per heavy atom. The molecule has 1 aromatic rings. The fourth-order valence-electron chi connectivity index (χ4n) is 3.84. The molecule has 1 atom stereocenters. The Hall–Kier alpha value is -1.95. The van der Waals surface area contributed by atoms with Gasteiger partial charge < -0.3 is 9.80 Å². The summed E-state index contributed by atoms with van der Waals surface area (Å²) in [4.78, 5) is 31.0. The maximum atomic E-state index is 13.4. The molecule has 26 heavy (non-hydrogen) atoms. The van der Waals surface area contributed by atoms with Gasteiger partial charge in [0, 0.05) is 44.8 Å². The van der Waals surface area contributed by atoms with Gasteiger partial charge in [0.25, 0.3) is 5.91 Å². The second-order valence-corrected chi connectivity index (χ2v) is 7.52. The fraction of sp³-hybridized carbons (Fsp3) is 0.600. The van der Waals surface area contributed by atoms with E-state index in [0.717, 1.165) is 32.5 Å². The standard InChI is InChI=1S/C20H28FN3O2/c1-16-5-3-9-24(14-16)19(25)15-22-8-4-10-23(12-11-22)20(26)17-6-2-7-18(21)13-17/h2,6-7,13,16H,3-5,8-12,14-15H2,1H3. The van der Waals surface area contributed by atoms with Gasteiger partial charge in [0.1, 0.15) is 5.82 Å². The molecule has 0 radical (unpaired) electrons. The van der Waals surface area contributed by atoms with Crippen LogP contribution in [0.2, 0.25) is 0 Å². The number of rotatable bonds is 3. The SMILES string of the molecule is CC1CCCN(C(=O)CN2CCCN(C(=O)c3cccc(F)c3)CC2)C1. The lowest BCUT2D eigenvalue weighted by Gasteiger charge is -2.32. The molecular weight excluding hydrogens is 333 g/mol. The Labute approximate surface area is 154 Å². The summed E-state index contributed by atoms with van der Waals surface area (Å²) in [5.41, 5.74) is 0.386. The van der Waals surface area contributed by atoms with Crippen molar-refractivity contribution in [3.05, 3.63) is 35.6 Å². The fourth-order valence-corrected chi connectivity index (χ4v) is 3.84. The molecule has 1 unspecified atom stereocenters. The third kappa shape index (κ3) is 4.81. The van der Waals surface area contributed by atoms with Crippen LogP contribution in [0.5, 0.6) is 0 Å². The van der Waals surface area contributed by atoms with Crippen LogP contribution in [0.25, 0.3) is 0 Å². The van der Waals surface area contributed by atoms with Gasteiger partial charge in [-0.15, -0.1) is 0 Å². The summed E-state index contributed by atoms with van der Waals surface area (Å²) in [6.07, 6.45) is 3.11. The summed E-state index contributed by atoms with van der Waals surface area (Å²) in [5.74, 6) is 0.244. The Kier molecular flexibility index (Phi) is 6.25.